The van der Waals surface area contributed by atoms with Gasteiger partial charge in [0.25, 0.3) is 0 Å². The monoisotopic (exact) mass is 406 g/mol. The Morgan fingerprint density at radius 2 is 1.90 bits per heavy atom. The lowest BCUT2D eigenvalue weighted by molar-refractivity contribution is -0.136. The zero-order valence-electron chi connectivity index (χ0n) is 15.9. The summed E-state index contributed by atoms with van der Waals surface area (Å²) < 4.78 is 39.3. The highest BCUT2D eigenvalue weighted by Gasteiger charge is 2.34. The van der Waals surface area contributed by atoms with Crippen LogP contribution in [-0.2, 0) is 6.18 Å². The van der Waals surface area contributed by atoms with Crippen LogP contribution in [0.15, 0.2) is 46.1 Å². The van der Waals surface area contributed by atoms with Gasteiger partial charge < -0.3 is 20.0 Å². The minimum Gasteiger partial charge on any atom is -0.353 e. The zero-order valence-corrected chi connectivity index (χ0v) is 15.9. The van der Waals surface area contributed by atoms with Crippen LogP contribution >= 0.6 is 0 Å². The molecule has 154 valence electrons. The number of hydrogen-bond acceptors (Lipinski definition) is 5. The Hall–Kier alpha value is -3.04. The number of amidine groups is 1. The first-order valence-electron chi connectivity index (χ1n) is 9.39. The number of hydrogen-bond donors (Lipinski definition) is 1. The van der Waals surface area contributed by atoms with Crippen molar-refractivity contribution < 1.29 is 18.0 Å². The molecular weight excluding hydrogens is 385 g/mol. The van der Waals surface area contributed by atoms with E-state index in [0.29, 0.717) is 32.2 Å². The van der Waals surface area contributed by atoms with E-state index in [2.05, 4.69) is 22.2 Å². The lowest BCUT2D eigenvalue weighted by Crippen LogP contribution is -2.50. The third kappa shape index (κ3) is 3.92. The molecule has 3 aliphatic rings. The molecule has 0 saturated carbocycles. The van der Waals surface area contributed by atoms with Crippen molar-refractivity contribution in [2.75, 3.05) is 38.0 Å². The summed E-state index contributed by atoms with van der Waals surface area (Å²) in [6.45, 7) is 4.67. The second-order valence-corrected chi connectivity index (χ2v) is 7.15. The van der Waals surface area contributed by atoms with Gasteiger partial charge in [0.05, 0.1) is 30.2 Å². The van der Waals surface area contributed by atoms with Gasteiger partial charge in [0.15, 0.2) is 0 Å². The third-order valence-electron chi connectivity index (χ3n) is 5.19. The molecule has 1 saturated heterocycles. The smallest absolute Gasteiger partial charge is 0.353 e. The highest BCUT2D eigenvalue weighted by molar-refractivity contribution is 6.03. The Kier molecular flexibility index (Phi) is 4.93. The predicted molar refractivity (Wildman–Crippen MR) is 104 cm³/mol. The third-order valence-corrected chi connectivity index (χ3v) is 5.19. The van der Waals surface area contributed by atoms with Crippen LogP contribution in [0.4, 0.5) is 23.7 Å². The fourth-order valence-electron chi connectivity index (χ4n) is 3.53. The Bertz CT molecular complexity index is 886. The van der Waals surface area contributed by atoms with Crippen molar-refractivity contribution in [2.24, 2.45) is 9.98 Å². The van der Waals surface area contributed by atoms with Crippen LogP contribution in [0.5, 0.6) is 0 Å². The second kappa shape index (κ2) is 7.41. The number of carbonyl (C=O) groups excluding carboxylic acids is 1. The molecule has 2 amide bonds. The molecule has 1 atom stereocenters. The molecule has 10 heteroatoms. The topological polar surface area (TPSA) is 63.5 Å². The summed E-state index contributed by atoms with van der Waals surface area (Å²) in [4.78, 5) is 27.0. The highest BCUT2D eigenvalue weighted by atomic mass is 19.4. The molecule has 0 aromatic heterocycles. The number of fused-ring (bicyclic) bond motifs is 1. The predicted octanol–water partition coefficient (Wildman–Crippen LogP) is 2.84. The number of nitrogens with zero attached hydrogens (tertiary/aromatic N) is 5. The summed E-state index contributed by atoms with van der Waals surface area (Å²) in [5.74, 6) is 1.67. The van der Waals surface area contributed by atoms with Crippen LogP contribution in [0.25, 0.3) is 0 Å². The Morgan fingerprint density at radius 3 is 2.62 bits per heavy atom. The number of nitrogens with one attached hydrogen (secondary N) is 1. The molecule has 0 radical (unpaired) electrons. The summed E-state index contributed by atoms with van der Waals surface area (Å²) in [5.41, 5.74) is -1.09. The quantitative estimate of drug-likeness (QED) is 0.822. The SMILES string of the molecule is CC1CN=C2C=C(N3CCN(C(=O)Nc4ccccc4C(F)(F)F)CC3)N=CN21. The van der Waals surface area contributed by atoms with Gasteiger partial charge in [-0.15, -0.1) is 0 Å². The normalized spacial score (nSPS) is 21.7. The number of benzene rings is 1. The lowest BCUT2D eigenvalue weighted by atomic mass is 10.1. The van der Waals surface area contributed by atoms with Gasteiger partial charge in [-0.1, -0.05) is 12.1 Å². The standard InChI is InChI=1S/C19H21F3N6O/c1-13-11-23-17-10-16(24-12-28(13)17)26-6-8-27(9-7-26)18(29)25-15-5-3-2-4-14(15)19(20,21)22/h2-5,10,12-13H,6-9,11H2,1H3,(H,25,29). The highest BCUT2D eigenvalue weighted by Crippen LogP contribution is 2.34. The van der Waals surface area contributed by atoms with E-state index in [1.54, 1.807) is 6.34 Å². The van der Waals surface area contributed by atoms with E-state index in [4.69, 9.17) is 0 Å². The van der Waals surface area contributed by atoms with E-state index in [0.717, 1.165) is 24.3 Å². The van der Waals surface area contributed by atoms with Crippen molar-refractivity contribution >= 4 is 23.9 Å². The fourth-order valence-corrected chi connectivity index (χ4v) is 3.53. The van der Waals surface area contributed by atoms with Crippen LogP contribution in [0, 0.1) is 0 Å². The molecule has 1 unspecified atom stereocenters. The molecule has 29 heavy (non-hydrogen) atoms. The van der Waals surface area contributed by atoms with Gasteiger partial charge in [-0.25, -0.2) is 9.79 Å². The van der Waals surface area contributed by atoms with Crippen LogP contribution in [0.1, 0.15) is 12.5 Å². The number of amides is 2. The molecule has 3 aliphatic heterocycles. The Morgan fingerprint density at radius 1 is 1.17 bits per heavy atom. The van der Waals surface area contributed by atoms with Crippen molar-refractivity contribution in [1.29, 1.82) is 0 Å². The maximum Gasteiger partial charge on any atom is 0.418 e. The van der Waals surface area contributed by atoms with Crippen molar-refractivity contribution in [3.05, 3.63) is 41.7 Å². The summed E-state index contributed by atoms with van der Waals surface area (Å²) >= 11 is 0. The maximum absolute atomic E-state index is 13.1. The van der Waals surface area contributed by atoms with Crippen LogP contribution in [0.2, 0.25) is 0 Å². The van der Waals surface area contributed by atoms with E-state index in [-0.39, 0.29) is 5.69 Å². The minimum absolute atomic E-state index is 0.236. The van der Waals surface area contributed by atoms with Crippen molar-refractivity contribution in [3.8, 4) is 0 Å². The van der Waals surface area contributed by atoms with E-state index in [9.17, 15) is 18.0 Å². The largest absolute Gasteiger partial charge is 0.418 e. The first-order valence-corrected chi connectivity index (χ1v) is 9.39. The van der Waals surface area contributed by atoms with Crippen molar-refractivity contribution in [2.45, 2.75) is 19.1 Å². The van der Waals surface area contributed by atoms with E-state index in [1.807, 2.05) is 15.9 Å². The summed E-state index contributed by atoms with van der Waals surface area (Å²) in [6.07, 6.45) is -0.819. The first kappa shape index (κ1) is 19.3. The average molecular weight is 406 g/mol. The molecule has 0 spiro atoms. The average Bonchev–Trinajstić information content (AvgIpc) is 3.08. The van der Waals surface area contributed by atoms with Crippen molar-refractivity contribution in [3.63, 3.8) is 0 Å². The molecule has 7 nitrogen and oxygen atoms in total. The number of para-hydroxylation sites is 1. The number of halogens is 3. The van der Waals surface area contributed by atoms with Gasteiger partial charge in [0.2, 0.25) is 0 Å². The van der Waals surface area contributed by atoms with Crippen LogP contribution < -0.4 is 5.32 Å². The Labute approximate surface area is 166 Å². The summed E-state index contributed by atoms with van der Waals surface area (Å²) in [7, 11) is 0. The molecule has 1 N–H and O–H groups in total. The van der Waals surface area contributed by atoms with Crippen molar-refractivity contribution in [1.82, 2.24) is 14.7 Å². The van der Waals surface area contributed by atoms with E-state index < -0.39 is 17.8 Å². The fraction of sp³-hybridized carbons (Fsp3) is 0.421. The Balaban J connectivity index is 1.37. The van der Waals surface area contributed by atoms with Crippen LogP contribution in [-0.4, -0.2) is 71.7 Å². The second-order valence-electron chi connectivity index (χ2n) is 7.15. The lowest BCUT2D eigenvalue weighted by Gasteiger charge is -2.37. The maximum atomic E-state index is 13.1. The summed E-state index contributed by atoms with van der Waals surface area (Å²) in [6, 6.07) is 4.73. The molecule has 4 rings (SSSR count). The summed E-state index contributed by atoms with van der Waals surface area (Å²) in [5, 5.41) is 2.39. The first-order chi connectivity index (χ1) is 13.8. The van der Waals surface area contributed by atoms with Gasteiger partial charge in [0.1, 0.15) is 11.7 Å². The van der Waals surface area contributed by atoms with Gasteiger partial charge in [-0.3, -0.25) is 4.99 Å². The molecule has 1 fully saturated rings. The van der Waals surface area contributed by atoms with Gasteiger partial charge in [0, 0.05) is 32.3 Å². The molecule has 3 heterocycles. The number of aliphatic imine (C=N–C) groups is 2. The number of piperazine rings is 1. The van der Waals surface area contributed by atoms with Gasteiger partial charge >= 0.3 is 12.2 Å². The zero-order chi connectivity index (χ0) is 20.6. The number of carbonyl (C=O) groups is 1. The molecule has 1 aromatic rings. The number of rotatable bonds is 2. The molecular formula is C19H21F3N6O. The molecule has 0 aliphatic carbocycles. The van der Waals surface area contributed by atoms with E-state index in [1.165, 1.54) is 23.1 Å². The number of anilines is 1. The minimum atomic E-state index is -4.53. The van der Waals surface area contributed by atoms with Gasteiger partial charge in [-0.05, 0) is 19.1 Å². The van der Waals surface area contributed by atoms with Gasteiger partial charge in [-0.2, -0.15) is 13.2 Å². The van der Waals surface area contributed by atoms with Crippen LogP contribution in [0.3, 0.4) is 0 Å². The number of urea groups is 1. The number of alkyl halides is 3. The molecule has 1 aromatic carbocycles. The molecule has 0 bridgehead atoms. The van der Waals surface area contributed by atoms with E-state index >= 15 is 0 Å².